The highest BCUT2D eigenvalue weighted by molar-refractivity contribution is 7.99. The van der Waals surface area contributed by atoms with Gasteiger partial charge in [0, 0.05) is 12.0 Å². The maximum Gasteiger partial charge on any atom is 0.0577 e. The molecule has 0 heterocycles. The summed E-state index contributed by atoms with van der Waals surface area (Å²) in [6.45, 7) is 10.3. The molecule has 2 atom stereocenters. The van der Waals surface area contributed by atoms with Gasteiger partial charge >= 0.3 is 0 Å². The van der Waals surface area contributed by atoms with Gasteiger partial charge in [-0.2, -0.15) is 11.8 Å². The Bertz CT molecular complexity index is 153. The molecule has 0 saturated heterocycles. The first-order valence-electron chi connectivity index (χ1n) is 6.03. The Morgan fingerprint density at radius 1 is 1.40 bits per heavy atom. The summed E-state index contributed by atoms with van der Waals surface area (Å²) in [5.74, 6) is 2.45. The number of nitrogens with one attached hydrogen (secondary N) is 1. The first-order chi connectivity index (χ1) is 7.06. The largest absolute Gasteiger partial charge is 0.393 e. The van der Waals surface area contributed by atoms with Gasteiger partial charge in [0.15, 0.2) is 0 Å². The summed E-state index contributed by atoms with van der Waals surface area (Å²) in [7, 11) is 0. The van der Waals surface area contributed by atoms with Crippen LogP contribution < -0.4 is 5.32 Å². The van der Waals surface area contributed by atoms with Gasteiger partial charge in [0.2, 0.25) is 0 Å². The Labute approximate surface area is 99.2 Å². The van der Waals surface area contributed by atoms with Crippen LogP contribution in [0.3, 0.4) is 0 Å². The molecule has 2 N–H and O–H groups in total. The Morgan fingerprint density at radius 3 is 2.53 bits per heavy atom. The zero-order valence-corrected chi connectivity index (χ0v) is 11.5. The van der Waals surface area contributed by atoms with E-state index in [-0.39, 0.29) is 11.5 Å². The van der Waals surface area contributed by atoms with Crippen LogP contribution >= 0.6 is 11.8 Å². The predicted octanol–water partition coefficient (Wildman–Crippen LogP) is 2.52. The number of aliphatic hydroxyl groups is 1. The first kappa shape index (κ1) is 15.3. The van der Waals surface area contributed by atoms with E-state index in [1.807, 2.05) is 18.7 Å². The smallest absolute Gasteiger partial charge is 0.0577 e. The highest BCUT2D eigenvalue weighted by atomic mass is 32.2. The molecular weight excluding hydrogens is 206 g/mol. The van der Waals surface area contributed by atoms with Gasteiger partial charge in [0.05, 0.1) is 6.10 Å². The SMILES string of the molecule is CCSCCCNCC(C)(CC)C(C)O. The highest BCUT2D eigenvalue weighted by Crippen LogP contribution is 2.24. The molecule has 0 aliphatic heterocycles. The van der Waals surface area contributed by atoms with E-state index in [4.69, 9.17) is 0 Å². The summed E-state index contributed by atoms with van der Waals surface area (Å²) >= 11 is 1.99. The van der Waals surface area contributed by atoms with Crippen molar-refractivity contribution >= 4 is 11.8 Å². The molecule has 3 heteroatoms. The molecule has 0 aliphatic rings. The topological polar surface area (TPSA) is 32.3 Å². The van der Waals surface area contributed by atoms with Gasteiger partial charge in [-0.15, -0.1) is 0 Å². The quantitative estimate of drug-likeness (QED) is 0.600. The third-order valence-electron chi connectivity index (χ3n) is 3.19. The van der Waals surface area contributed by atoms with Crippen LogP contribution in [0.25, 0.3) is 0 Å². The molecule has 0 aromatic carbocycles. The van der Waals surface area contributed by atoms with Crippen molar-refractivity contribution in [2.24, 2.45) is 5.41 Å². The third kappa shape index (κ3) is 6.44. The van der Waals surface area contributed by atoms with E-state index in [0.29, 0.717) is 0 Å². The van der Waals surface area contributed by atoms with E-state index in [2.05, 4.69) is 26.1 Å². The summed E-state index contributed by atoms with van der Waals surface area (Å²) in [4.78, 5) is 0. The zero-order chi connectivity index (χ0) is 11.7. The normalized spacial score (nSPS) is 17.4. The molecule has 0 spiro atoms. The Balaban J connectivity index is 3.55. The zero-order valence-electron chi connectivity index (χ0n) is 10.7. The molecule has 0 aromatic heterocycles. The van der Waals surface area contributed by atoms with Crippen LogP contribution in [0.5, 0.6) is 0 Å². The Hall–Kier alpha value is 0.270. The van der Waals surface area contributed by atoms with E-state index in [9.17, 15) is 5.11 Å². The van der Waals surface area contributed by atoms with Gasteiger partial charge in [0.25, 0.3) is 0 Å². The van der Waals surface area contributed by atoms with Crippen molar-refractivity contribution in [3.8, 4) is 0 Å². The predicted molar refractivity (Wildman–Crippen MR) is 70.6 cm³/mol. The lowest BCUT2D eigenvalue weighted by Gasteiger charge is -2.31. The van der Waals surface area contributed by atoms with Crippen LogP contribution in [0.15, 0.2) is 0 Å². The molecule has 0 amide bonds. The molecular formula is C12H27NOS. The van der Waals surface area contributed by atoms with Crippen molar-refractivity contribution in [3.63, 3.8) is 0 Å². The second-order valence-corrected chi connectivity index (χ2v) is 5.80. The molecule has 15 heavy (non-hydrogen) atoms. The molecule has 2 nitrogen and oxygen atoms in total. The Kier molecular flexibility index (Phi) is 8.58. The van der Waals surface area contributed by atoms with Crippen LogP contribution in [0.4, 0.5) is 0 Å². The van der Waals surface area contributed by atoms with E-state index >= 15 is 0 Å². The fraction of sp³-hybridized carbons (Fsp3) is 1.00. The minimum atomic E-state index is -0.236. The fourth-order valence-corrected chi connectivity index (χ4v) is 2.02. The van der Waals surface area contributed by atoms with Gasteiger partial charge in [-0.05, 0) is 37.8 Å². The molecule has 0 fully saturated rings. The molecule has 0 aromatic rings. The molecule has 0 bridgehead atoms. The van der Waals surface area contributed by atoms with E-state index in [0.717, 1.165) is 19.5 Å². The number of thioether (sulfide) groups is 1. The molecule has 0 saturated carbocycles. The molecule has 0 aliphatic carbocycles. The van der Waals surface area contributed by atoms with Gasteiger partial charge in [-0.1, -0.05) is 20.8 Å². The molecule has 0 radical (unpaired) electrons. The lowest BCUT2D eigenvalue weighted by atomic mass is 9.82. The highest BCUT2D eigenvalue weighted by Gasteiger charge is 2.27. The van der Waals surface area contributed by atoms with Gasteiger partial charge in [0.1, 0.15) is 0 Å². The van der Waals surface area contributed by atoms with Crippen molar-refractivity contribution in [3.05, 3.63) is 0 Å². The van der Waals surface area contributed by atoms with Crippen LogP contribution in [0, 0.1) is 5.41 Å². The van der Waals surface area contributed by atoms with Crippen LogP contribution in [-0.2, 0) is 0 Å². The van der Waals surface area contributed by atoms with Crippen molar-refractivity contribution in [2.45, 2.75) is 46.6 Å². The van der Waals surface area contributed by atoms with E-state index < -0.39 is 0 Å². The van der Waals surface area contributed by atoms with Crippen molar-refractivity contribution in [1.82, 2.24) is 5.32 Å². The Morgan fingerprint density at radius 2 is 2.07 bits per heavy atom. The van der Waals surface area contributed by atoms with Gasteiger partial charge in [-0.3, -0.25) is 0 Å². The lowest BCUT2D eigenvalue weighted by molar-refractivity contribution is 0.0493. The average molecular weight is 233 g/mol. The van der Waals surface area contributed by atoms with Gasteiger partial charge < -0.3 is 10.4 Å². The lowest BCUT2D eigenvalue weighted by Crippen LogP contribution is -2.40. The first-order valence-corrected chi connectivity index (χ1v) is 7.18. The van der Waals surface area contributed by atoms with Crippen LogP contribution in [-0.4, -0.2) is 35.8 Å². The maximum atomic E-state index is 9.67. The minimum Gasteiger partial charge on any atom is -0.393 e. The summed E-state index contributed by atoms with van der Waals surface area (Å²) in [5, 5.41) is 13.1. The summed E-state index contributed by atoms with van der Waals surface area (Å²) in [5.41, 5.74) is 0.0257. The van der Waals surface area contributed by atoms with Crippen molar-refractivity contribution < 1.29 is 5.11 Å². The van der Waals surface area contributed by atoms with E-state index in [1.54, 1.807) is 0 Å². The third-order valence-corrected chi connectivity index (χ3v) is 4.18. The number of hydrogen-bond acceptors (Lipinski definition) is 3. The number of hydrogen-bond donors (Lipinski definition) is 2. The summed E-state index contributed by atoms with van der Waals surface area (Å²) in [6, 6.07) is 0. The molecule has 92 valence electrons. The monoisotopic (exact) mass is 233 g/mol. The minimum absolute atomic E-state index is 0.0257. The van der Waals surface area contributed by atoms with E-state index in [1.165, 1.54) is 17.9 Å². The van der Waals surface area contributed by atoms with Gasteiger partial charge in [-0.25, -0.2) is 0 Å². The average Bonchev–Trinajstić information content (AvgIpc) is 2.22. The standard InChI is InChI=1S/C12H27NOS/c1-5-12(4,11(3)14)10-13-8-7-9-15-6-2/h11,13-14H,5-10H2,1-4H3. The molecule has 0 rings (SSSR count). The second-order valence-electron chi connectivity index (χ2n) is 4.41. The second kappa shape index (κ2) is 8.43. The van der Waals surface area contributed by atoms with Crippen molar-refractivity contribution in [1.29, 1.82) is 0 Å². The summed E-state index contributed by atoms with van der Waals surface area (Å²) < 4.78 is 0. The number of aliphatic hydroxyl groups excluding tert-OH is 1. The number of rotatable bonds is 9. The van der Waals surface area contributed by atoms with Crippen LogP contribution in [0.2, 0.25) is 0 Å². The molecule has 2 unspecified atom stereocenters. The van der Waals surface area contributed by atoms with Crippen molar-refractivity contribution in [2.75, 3.05) is 24.6 Å². The summed E-state index contributed by atoms with van der Waals surface area (Å²) in [6.07, 6.45) is 2.00. The van der Waals surface area contributed by atoms with Crippen LogP contribution in [0.1, 0.15) is 40.5 Å². The fourth-order valence-electron chi connectivity index (χ4n) is 1.39. The maximum absolute atomic E-state index is 9.67.